The molecule has 2 saturated carbocycles. The monoisotopic (exact) mass is 328 g/mol. The lowest BCUT2D eigenvalue weighted by Crippen LogP contribution is -2.28. The smallest absolute Gasteiger partial charge is 0.407 e. The van der Waals surface area contributed by atoms with Crippen molar-refractivity contribution >= 4 is 12.0 Å². The number of carbonyl (C=O) groups is 2. The van der Waals surface area contributed by atoms with Crippen LogP contribution < -0.4 is 5.32 Å². The van der Waals surface area contributed by atoms with Crippen LogP contribution in [0, 0.1) is 5.92 Å². The van der Waals surface area contributed by atoms with Gasteiger partial charge in [0.2, 0.25) is 0 Å². The van der Waals surface area contributed by atoms with Crippen molar-refractivity contribution in [2.75, 3.05) is 19.7 Å². The molecule has 5 heteroatoms. The van der Waals surface area contributed by atoms with Crippen LogP contribution in [-0.2, 0) is 4.74 Å². The standard InChI is InChI=1S/C19H24N2O3/c22-18(21-8-1-2-9-21)15-5-3-4-14(10-15)16-11-17(16)20-19(23)24-12-13-6-7-13/h3-5,10,13,16-17H,1-2,6-9,11-12H2,(H,20,23)/t16-,17+/m0/s1. The molecule has 5 nitrogen and oxygen atoms in total. The normalized spacial score (nSPS) is 25.4. The van der Waals surface area contributed by atoms with Crippen molar-refractivity contribution in [3.63, 3.8) is 0 Å². The molecule has 0 radical (unpaired) electrons. The Bertz CT molecular complexity index is 635. The van der Waals surface area contributed by atoms with E-state index >= 15 is 0 Å². The van der Waals surface area contributed by atoms with Gasteiger partial charge in [0.25, 0.3) is 5.91 Å². The lowest BCUT2D eigenvalue weighted by molar-refractivity contribution is 0.0792. The molecule has 3 fully saturated rings. The Kier molecular flexibility index (Phi) is 4.17. The van der Waals surface area contributed by atoms with Crippen molar-refractivity contribution in [3.8, 4) is 0 Å². The van der Waals surface area contributed by atoms with Crippen LogP contribution in [0.15, 0.2) is 24.3 Å². The summed E-state index contributed by atoms with van der Waals surface area (Å²) in [5, 5.41) is 2.93. The zero-order chi connectivity index (χ0) is 16.5. The average Bonchev–Trinajstić information content (AvgIpc) is 3.51. The maximum atomic E-state index is 12.5. The molecule has 24 heavy (non-hydrogen) atoms. The maximum Gasteiger partial charge on any atom is 0.407 e. The number of carbonyl (C=O) groups excluding carboxylic acids is 2. The molecule has 1 heterocycles. The molecule has 0 spiro atoms. The fourth-order valence-corrected chi connectivity index (χ4v) is 3.40. The minimum atomic E-state index is -0.307. The van der Waals surface area contributed by atoms with E-state index in [9.17, 15) is 9.59 Å². The Morgan fingerprint density at radius 2 is 2.00 bits per heavy atom. The lowest BCUT2D eigenvalue weighted by Gasteiger charge is -2.15. The van der Waals surface area contributed by atoms with Crippen LogP contribution in [0.3, 0.4) is 0 Å². The first-order chi connectivity index (χ1) is 11.7. The largest absolute Gasteiger partial charge is 0.449 e. The Hall–Kier alpha value is -2.04. The average molecular weight is 328 g/mol. The molecule has 0 aromatic heterocycles. The van der Waals surface area contributed by atoms with E-state index in [1.165, 1.54) is 12.8 Å². The van der Waals surface area contributed by atoms with Crippen LogP contribution in [0.25, 0.3) is 0 Å². The fraction of sp³-hybridized carbons (Fsp3) is 0.579. The van der Waals surface area contributed by atoms with Gasteiger partial charge in [-0.25, -0.2) is 4.79 Å². The van der Waals surface area contributed by atoms with Gasteiger partial charge in [0.05, 0.1) is 6.61 Å². The van der Waals surface area contributed by atoms with E-state index in [0.29, 0.717) is 18.4 Å². The minimum Gasteiger partial charge on any atom is -0.449 e. The Morgan fingerprint density at radius 3 is 2.75 bits per heavy atom. The van der Waals surface area contributed by atoms with E-state index in [0.717, 1.165) is 43.5 Å². The Labute approximate surface area is 142 Å². The number of hydrogen-bond acceptors (Lipinski definition) is 3. The van der Waals surface area contributed by atoms with Crippen molar-refractivity contribution in [1.82, 2.24) is 10.2 Å². The molecule has 1 aromatic carbocycles. The molecule has 3 aliphatic rings. The summed E-state index contributed by atoms with van der Waals surface area (Å²) >= 11 is 0. The number of hydrogen-bond donors (Lipinski definition) is 1. The highest BCUT2D eigenvalue weighted by Gasteiger charge is 2.40. The third kappa shape index (κ3) is 3.55. The van der Waals surface area contributed by atoms with Crippen LogP contribution in [0.5, 0.6) is 0 Å². The van der Waals surface area contributed by atoms with Crippen LogP contribution in [-0.4, -0.2) is 42.6 Å². The van der Waals surface area contributed by atoms with Crippen LogP contribution in [0.2, 0.25) is 0 Å². The molecule has 2 atom stereocenters. The maximum absolute atomic E-state index is 12.5. The molecule has 1 N–H and O–H groups in total. The molecule has 2 amide bonds. The molecule has 0 unspecified atom stereocenters. The van der Waals surface area contributed by atoms with Crippen LogP contribution >= 0.6 is 0 Å². The number of ether oxygens (including phenoxy) is 1. The molecular weight excluding hydrogens is 304 g/mol. The van der Waals surface area contributed by atoms with Gasteiger partial charge in [-0.3, -0.25) is 4.79 Å². The topological polar surface area (TPSA) is 58.6 Å². The highest BCUT2D eigenvalue weighted by molar-refractivity contribution is 5.94. The first-order valence-electron chi connectivity index (χ1n) is 9.03. The van der Waals surface area contributed by atoms with Gasteiger partial charge in [-0.2, -0.15) is 0 Å². The third-order valence-corrected chi connectivity index (χ3v) is 5.20. The van der Waals surface area contributed by atoms with E-state index in [1.54, 1.807) is 0 Å². The second-order valence-corrected chi connectivity index (χ2v) is 7.26. The van der Waals surface area contributed by atoms with Crippen molar-refractivity contribution in [1.29, 1.82) is 0 Å². The van der Waals surface area contributed by atoms with Crippen molar-refractivity contribution < 1.29 is 14.3 Å². The van der Waals surface area contributed by atoms with Crippen LogP contribution in [0.1, 0.15) is 53.9 Å². The summed E-state index contributed by atoms with van der Waals surface area (Å²) in [6, 6.07) is 8.00. The Morgan fingerprint density at radius 1 is 1.21 bits per heavy atom. The number of nitrogens with one attached hydrogen (secondary N) is 1. The fourth-order valence-electron chi connectivity index (χ4n) is 3.40. The summed E-state index contributed by atoms with van der Waals surface area (Å²) in [6.45, 7) is 2.27. The van der Waals surface area contributed by atoms with E-state index in [-0.39, 0.29) is 18.0 Å². The van der Waals surface area contributed by atoms with Crippen LogP contribution in [0.4, 0.5) is 4.79 Å². The molecule has 0 bridgehead atoms. The van der Waals surface area contributed by atoms with Gasteiger partial charge < -0.3 is 15.0 Å². The van der Waals surface area contributed by atoms with E-state index in [1.807, 2.05) is 29.2 Å². The second-order valence-electron chi connectivity index (χ2n) is 7.26. The highest BCUT2D eigenvalue weighted by Crippen LogP contribution is 2.41. The Balaban J connectivity index is 1.32. The summed E-state index contributed by atoms with van der Waals surface area (Å²) < 4.78 is 5.22. The number of amides is 2. The lowest BCUT2D eigenvalue weighted by atomic mass is 10.1. The second kappa shape index (κ2) is 6.46. The number of benzene rings is 1. The number of alkyl carbamates (subject to hydrolysis) is 1. The highest BCUT2D eigenvalue weighted by atomic mass is 16.5. The van der Waals surface area contributed by atoms with Gasteiger partial charge in [0.15, 0.2) is 0 Å². The number of nitrogens with zero attached hydrogens (tertiary/aromatic N) is 1. The molecule has 2 aliphatic carbocycles. The van der Waals surface area contributed by atoms with Crippen molar-refractivity contribution in [2.24, 2.45) is 5.92 Å². The summed E-state index contributed by atoms with van der Waals surface area (Å²) in [7, 11) is 0. The summed E-state index contributed by atoms with van der Waals surface area (Å²) in [6.07, 6.45) is 5.17. The first kappa shape index (κ1) is 15.5. The molecule has 128 valence electrons. The number of rotatable bonds is 5. The quantitative estimate of drug-likeness (QED) is 0.904. The SMILES string of the molecule is O=C(N[C@@H]1C[C@H]1c1cccc(C(=O)N2CCCC2)c1)OCC1CC1. The van der Waals surface area contributed by atoms with Gasteiger partial charge in [-0.05, 0) is 55.7 Å². The van der Waals surface area contributed by atoms with E-state index < -0.39 is 0 Å². The first-order valence-corrected chi connectivity index (χ1v) is 9.03. The summed E-state index contributed by atoms with van der Waals surface area (Å²) in [5.41, 5.74) is 1.89. The summed E-state index contributed by atoms with van der Waals surface area (Å²) in [4.78, 5) is 26.2. The zero-order valence-corrected chi connectivity index (χ0v) is 13.9. The van der Waals surface area contributed by atoms with Gasteiger partial charge in [0, 0.05) is 30.6 Å². The van der Waals surface area contributed by atoms with Crippen molar-refractivity contribution in [3.05, 3.63) is 35.4 Å². The molecule has 1 saturated heterocycles. The molecule has 1 aromatic rings. The molecule has 1 aliphatic heterocycles. The molecule has 4 rings (SSSR count). The van der Waals surface area contributed by atoms with Gasteiger partial charge >= 0.3 is 6.09 Å². The predicted octanol–water partition coefficient (Wildman–Crippen LogP) is 2.91. The van der Waals surface area contributed by atoms with Crippen molar-refractivity contribution in [2.45, 2.75) is 44.1 Å². The van der Waals surface area contributed by atoms with E-state index in [2.05, 4.69) is 5.32 Å². The molecular formula is C19H24N2O3. The number of likely N-dealkylation sites (tertiary alicyclic amines) is 1. The zero-order valence-electron chi connectivity index (χ0n) is 13.9. The van der Waals surface area contributed by atoms with E-state index in [4.69, 9.17) is 4.74 Å². The third-order valence-electron chi connectivity index (χ3n) is 5.20. The van der Waals surface area contributed by atoms with Gasteiger partial charge in [-0.15, -0.1) is 0 Å². The van der Waals surface area contributed by atoms with Gasteiger partial charge in [-0.1, -0.05) is 12.1 Å². The summed E-state index contributed by atoms with van der Waals surface area (Å²) in [5.74, 6) is 1.01. The predicted molar refractivity (Wildman–Crippen MR) is 89.9 cm³/mol. The van der Waals surface area contributed by atoms with Gasteiger partial charge in [0.1, 0.15) is 0 Å². The minimum absolute atomic E-state index is 0.128.